The molecule has 0 aliphatic rings. The summed E-state index contributed by atoms with van der Waals surface area (Å²) in [6.07, 6.45) is 0. The van der Waals surface area contributed by atoms with Crippen molar-refractivity contribution in [3.05, 3.63) is 482 Å². The van der Waals surface area contributed by atoms with Gasteiger partial charge in [-0.25, -0.2) is 0 Å². The highest BCUT2D eigenvalue weighted by Gasteiger charge is 2.39. The number of benzene rings is 19. The van der Waals surface area contributed by atoms with Crippen LogP contribution >= 0.6 is 0 Å². The minimum Gasteiger partial charge on any atom is -0.305 e. The molecule has 0 atom stereocenters. The second kappa shape index (κ2) is 34.7. The Kier molecular flexibility index (Phi) is 21.4. The highest BCUT2D eigenvalue weighted by Crippen LogP contribution is 2.48. The van der Waals surface area contributed by atoms with Gasteiger partial charge < -0.3 is 22.8 Å². The van der Waals surface area contributed by atoms with Gasteiger partial charge in [0.1, 0.15) is 28.1 Å². The van der Waals surface area contributed by atoms with E-state index in [0.717, 1.165) is 68.2 Å². The van der Waals surface area contributed by atoms with E-state index in [1.807, 2.05) is 0 Å². The van der Waals surface area contributed by atoms with Crippen LogP contribution in [0.1, 0.15) is 113 Å². The molecule has 0 saturated carbocycles. The van der Waals surface area contributed by atoms with Crippen LogP contribution in [0.3, 0.4) is 0 Å². The van der Waals surface area contributed by atoms with Crippen LogP contribution in [-0.2, 0) is 16.2 Å². The maximum absolute atomic E-state index is 2.54. The van der Waals surface area contributed by atoms with Crippen LogP contribution < -0.4 is 13.7 Å². The summed E-state index contributed by atoms with van der Waals surface area (Å²) in [6.45, 7) is 34.4. The topological polar surface area (TPSA) is 51.1 Å². The van der Waals surface area contributed by atoms with Gasteiger partial charge >= 0.3 is 0 Å². The van der Waals surface area contributed by atoms with E-state index >= 15 is 0 Å². The summed E-state index contributed by atoms with van der Waals surface area (Å²) in [6, 6.07) is 157. The molecule has 8 heterocycles. The van der Waals surface area contributed by atoms with Crippen LogP contribution in [0.4, 0.5) is 0 Å². The fourth-order valence-corrected chi connectivity index (χ4v) is 24.6. The van der Waals surface area contributed by atoms with Crippen molar-refractivity contribution in [1.82, 2.24) is 36.5 Å². The monoisotopic (exact) mass is 1890 g/mol. The van der Waals surface area contributed by atoms with Crippen LogP contribution in [0.15, 0.2) is 431 Å². The molecule has 11 nitrogen and oxygen atoms in total. The van der Waals surface area contributed by atoms with Crippen molar-refractivity contribution in [2.45, 2.75) is 120 Å². The van der Waals surface area contributed by atoms with Crippen molar-refractivity contribution in [2.24, 2.45) is 0 Å². The van der Waals surface area contributed by atoms with E-state index in [9.17, 15) is 0 Å². The summed E-state index contributed by atoms with van der Waals surface area (Å²) >= 11 is 0. The summed E-state index contributed by atoms with van der Waals surface area (Å²) in [7, 11) is 0. The maximum atomic E-state index is 2.54. The number of hydrogen-bond acceptors (Lipinski definition) is 0. The lowest BCUT2D eigenvalue weighted by atomic mass is 9.83. The van der Waals surface area contributed by atoms with Gasteiger partial charge in [-0.3, -0.25) is 0 Å². The number of fused-ring (bicyclic) bond motifs is 18. The van der Waals surface area contributed by atoms with Gasteiger partial charge in [0.2, 0.25) is 0 Å². The lowest BCUT2D eigenvalue weighted by molar-refractivity contribution is -0.575. The number of aromatic nitrogens is 11. The van der Waals surface area contributed by atoms with E-state index in [1.165, 1.54) is 187 Å². The van der Waals surface area contributed by atoms with Crippen molar-refractivity contribution in [3.8, 4) is 62.6 Å². The molecule has 8 aromatic heterocycles. The van der Waals surface area contributed by atoms with Gasteiger partial charge in [-0.1, -0.05) is 335 Å². The van der Waals surface area contributed by atoms with Crippen LogP contribution in [0, 0.1) is 41.5 Å². The third-order valence-electron chi connectivity index (χ3n) is 30.7. The van der Waals surface area contributed by atoms with Crippen LogP contribution in [0.5, 0.6) is 0 Å². The fraction of sp³-hybridized carbons (Fsp3) is 0.133. The van der Waals surface area contributed by atoms with E-state index in [0.29, 0.717) is 0 Å². The summed E-state index contributed by atoms with van der Waals surface area (Å²) in [5, 5.41) is 12.5. The molecule has 19 aromatic carbocycles. The Morgan fingerprint density at radius 3 is 0.753 bits per heavy atom. The third-order valence-corrected chi connectivity index (χ3v) is 30.7. The first-order valence-electron chi connectivity index (χ1n) is 51.2. The number of nitrogens with zero attached hydrogens (tertiary/aromatic N) is 11. The minimum absolute atomic E-state index is 0.0118. The summed E-state index contributed by atoms with van der Waals surface area (Å²) in [5.41, 5.74) is 39.8. The molecule has 0 radical (unpaired) electrons. The van der Waals surface area contributed by atoms with Gasteiger partial charge in [0, 0.05) is 86.0 Å². The van der Waals surface area contributed by atoms with Gasteiger partial charge in [-0.2, -0.15) is 27.4 Å². The predicted octanol–water partition coefficient (Wildman–Crippen LogP) is 33.0. The van der Waals surface area contributed by atoms with Crippen LogP contribution in [-0.4, -0.2) is 36.5 Å². The van der Waals surface area contributed by atoms with Gasteiger partial charge in [-0.05, 0) is 228 Å². The fourth-order valence-electron chi connectivity index (χ4n) is 24.6. The average molecular weight is 1890 g/mol. The molecule has 0 spiro atoms. The van der Waals surface area contributed by atoms with Crippen molar-refractivity contribution in [3.63, 3.8) is 0 Å². The highest BCUT2D eigenvalue weighted by atomic mass is 15.2. The molecule has 0 aliphatic heterocycles. The first-order chi connectivity index (χ1) is 71.0. The molecule has 708 valence electrons. The Balaban J connectivity index is 0.000000116. The zero-order valence-corrected chi connectivity index (χ0v) is 85.4. The van der Waals surface area contributed by atoms with Gasteiger partial charge in [0.15, 0.2) is 50.2 Å². The van der Waals surface area contributed by atoms with Crippen LogP contribution in [0.25, 0.3) is 205 Å². The quantitative estimate of drug-likeness (QED) is 0.116. The number of rotatable bonds is 11. The minimum atomic E-state index is 0.0118. The Morgan fingerprint density at radius 2 is 0.404 bits per heavy atom. The molecule has 27 rings (SSSR count). The second-order valence-corrected chi connectivity index (χ2v) is 42.4. The molecule has 0 saturated heterocycles. The normalized spacial score (nSPS) is 12.2. The standard InChI is InChI=1S/2C49H41N4.C37H34N3/c1-32-38(49(3,4)5)22-16-29-39(32)50-33(2)51(45-28-15-14-27-44(45)50)48-46(52-40-23-10-6-18-34(40)35-19-7-11-24-41(35)52)30-17-31-47(48)53-42-25-12-8-20-36(42)37-21-9-13-26-43(37)53;1-32-40(49(3,4)5)25-18-30-41(32)50-33(2)51(45-29-17-16-28-44(45)50)48-46-38(36-23-12-14-26-42(36)52(46)34-19-8-6-9-20-34)31-39-37-24-13-15-27-43(37)53(47(39)48)35-21-10-7-11-22-35;1-25-29(37(3,4)5)17-14-24-30(25)38-26(2)39(34-21-11-10-20-33(34)38)35-22-12-13-23-36(35)40-31-18-8-6-15-27(31)28-16-7-9-19-32(28)40/h2*6-31H,1-5H3;6-24H,1-5H3/q3*+1. The van der Waals surface area contributed by atoms with E-state index in [1.54, 1.807) is 0 Å². The molecule has 0 fully saturated rings. The second-order valence-electron chi connectivity index (χ2n) is 42.4. The lowest BCUT2D eigenvalue weighted by Crippen LogP contribution is -2.36. The summed E-state index contributed by atoms with van der Waals surface area (Å²) < 4.78 is 27.2. The highest BCUT2D eigenvalue weighted by molar-refractivity contribution is 6.23. The Bertz CT molecular complexity index is 9530. The number of hydrogen-bond donors (Lipinski definition) is 0. The van der Waals surface area contributed by atoms with Crippen molar-refractivity contribution in [2.75, 3.05) is 0 Å². The predicted molar refractivity (Wildman–Crippen MR) is 611 cm³/mol. The Morgan fingerprint density at radius 1 is 0.171 bits per heavy atom. The number of para-hydroxylation sites is 19. The number of imidazole rings is 3. The molecular formula is C135H116N11+3. The van der Waals surface area contributed by atoms with E-state index in [-0.39, 0.29) is 16.2 Å². The molecule has 0 N–H and O–H groups in total. The molecule has 0 aliphatic carbocycles. The first-order valence-corrected chi connectivity index (χ1v) is 51.2. The SMILES string of the molecule is Cc1c(-[n+]2c(C)n(-c3ccccc3-n3c4ccccc4c4ccccc43)c3ccccc32)cccc1C(C)(C)C.Cc1c(-n2c(C)[n+](-c3c(-n4c5ccccc5c5ccccc54)cccc3-n3c4ccccc4c4ccccc43)c3ccccc32)cccc1C(C)(C)C.Cc1c(-n2c(C)[n+](-c3c4c(cc5c6ccccc6n(-c6ccccc6)c35)c3ccccc3n4-c3ccccc3)c3ccccc32)cccc1C(C)(C)C. The van der Waals surface area contributed by atoms with Gasteiger partial charge in [0.25, 0.3) is 17.5 Å². The first kappa shape index (κ1) is 89.9. The molecule has 11 heteroatoms. The van der Waals surface area contributed by atoms with Gasteiger partial charge in [0.05, 0.1) is 61.2 Å². The average Bonchev–Trinajstić information content (AvgIpc) is 1.48. The van der Waals surface area contributed by atoms with Crippen molar-refractivity contribution < 1.29 is 13.7 Å². The smallest absolute Gasteiger partial charge is 0.264 e. The van der Waals surface area contributed by atoms with Crippen molar-refractivity contribution >= 4 is 142 Å². The maximum Gasteiger partial charge on any atom is 0.264 e. The van der Waals surface area contributed by atoms with E-state index < -0.39 is 0 Å². The van der Waals surface area contributed by atoms with Crippen LogP contribution in [0.2, 0.25) is 0 Å². The molecule has 146 heavy (non-hydrogen) atoms. The molecule has 0 bridgehead atoms. The van der Waals surface area contributed by atoms with Gasteiger partial charge in [-0.15, -0.1) is 0 Å². The Labute approximate surface area is 850 Å². The van der Waals surface area contributed by atoms with E-state index in [2.05, 4.69) is 585 Å². The zero-order chi connectivity index (χ0) is 99.6. The third kappa shape index (κ3) is 14.1. The summed E-state index contributed by atoms with van der Waals surface area (Å²) in [5.74, 6) is 3.45. The van der Waals surface area contributed by atoms with Crippen molar-refractivity contribution in [1.29, 1.82) is 0 Å². The molecule has 27 aromatic rings. The molecule has 0 unspecified atom stereocenters. The Hall–Kier alpha value is -17.4. The zero-order valence-electron chi connectivity index (χ0n) is 85.4. The molecule has 0 amide bonds. The largest absolute Gasteiger partial charge is 0.305 e. The molecular weight excluding hydrogens is 1780 g/mol. The van der Waals surface area contributed by atoms with E-state index in [4.69, 9.17) is 0 Å². The summed E-state index contributed by atoms with van der Waals surface area (Å²) in [4.78, 5) is 0. The lowest BCUT2D eigenvalue weighted by Gasteiger charge is -2.22.